The average molecular weight is 238 g/mol. The Morgan fingerprint density at radius 3 is 3.19 bits per heavy atom. The van der Waals surface area contributed by atoms with Crippen molar-refractivity contribution in [3.8, 4) is 0 Å². The topological polar surface area (TPSA) is 24.1 Å². The monoisotopic (exact) mass is 238 g/mol. The summed E-state index contributed by atoms with van der Waals surface area (Å²) < 4.78 is 0. The van der Waals surface area contributed by atoms with Gasteiger partial charge in [0.05, 0.1) is 0 Å². The lowest BCUT2D eigenvalue weighted by Crippen LogP contribution is -2.37. The molecule has 0 aliphatic carbocycles. The third kappa shape index (κ3) is 3.58. The van der Waals surface area contributed by atoms with E-state index in [2.05, 4.69) is 29.0 Å². The largest absolute Gasteiger partial charge is 0.313 e. The van der Waals surface area contributed by atoms with Crippen molar-refractivity contribution < 1.29 is 0 Å². The van der Waals surface area contributed by atoms with E-state index in [0.717, 1.165) is 13.1 Å². The lowest BCUT2D eigenvalue weighted by atomic mass is 10.1. The van der Waals surface area contributed by atoms with Gasteiger partial charge in [0.15, 0.2) is 0 Å². The Labute approximate surface area is 102 Å². The molecular formula is C13H22N2S. The standard InChI is InChI=1S/C13H22N2S/c1-11-6-8-16-13(11)10-14-9-12-5-3-2-4-7-15-12/h6,8,12,14-15H,2-5,7,9-10H2,1H3. The predicted octanol–water partition coefficient (Wildman–Crippen LogP) is 2.68. The average Bonchev–Trinajstić information content (AvgIpc) is 2.55. The molecule has 2 rings (SSSR count). The van der Waals surface area contributed by atoms with E-state index in [9.17, 15) is 0 Å². The van der Waals surface area contributed by atoms with Gasteiger partial charge in [-0.2, -0.15) is 0 Å². The van der Waals surface area contributed by atoms with Crippen molar-refractivity contribution in [1.29, 1.82) is 0 Å². The van der Waals surface area contributed by atoms with Crippen molar-refractivity contribution in [2.75, 3.05) is 13.1 Å². The van der Waals surface area contributed by atoms with Gasteiger partial charge >= 0.3 is 0 Å². The Morgan fingerprint density at radius 2 is 2.38 bits per heavy atom. The number of aryl methyl sites for hydroxylation is 1. The molecule has 1 aromatic rings. The first kappa shape index (κ1) is 12.1. The van der Waals surface area contributed by atoms with Crippen LogP contribution >= 0.6 is 11.3 Å². The molecule has 3 heteroatoms. The van der Waals surface area contributed by atoms with Crippen LogP contribution in [0.25, 0.3) is 0 Å². The normalized spacial score (nSPS) is 21.9. The molecule has 1 fully saturated rings. The summed E-state index contributed by atoms with van der Waals surface area (Å²) in [7, 11) is 0. The first-order chi connectivity index (χ1) is 7.86. The SMILES string of the molecule is Cc1ccsc1CNCC1CCCCCN1. The molecule has 1 aliphatic heterocycles. The second kappa shape index (κ2) is 6.38. The minimum atomic E-state index is 0.683. The molecule has 1 unspecified atom stereocenters. The molecule has 1 aliphatic rings. The zero-order valence-electron chi connectivity index (χ0n) is 10.1. The highest BCUT2D eigenvalue weighted by Gasteiger charge is 2.10. The van der Waals surface area contributed by atoms with Crippen LogP contribution in [0, 0.1) is 6.92 Å². The lowest BCUT2D eigenvalue weighted by Gasteiger charge is -2.16. The number of hydrogen-bond acceptors (Lipinski definition) is 3. The smallest absolute Gasteiger partial charge is 0.0303 e. The van der Waals surface area contributed by atoms with Crippen molar-refractivity contribution in [2.45, 2.75) is 45.2 Å². The molecule has 1 saturated heterocycles. The minimum absolute atomic E-state index is 0.683. The fourth-order valence-corrected chi connectivity index (χ4v) is 3.10. The van der Waals surface area contributed by atoms with Gasteiger partial charge in [0.25, 0.3) is 0 Å². The zero-order chi connectivity index (χ0) is 11.2. The molecule has 0 amide bonds. The van der Waals surface area contributed by atoms with E-state index >= 15 is 0 Å². The molecule has 0 aromatic carbocycles. The molecule has 0 radical (unpaired) electrons. The summed E-state index contributed by atoms with van der Waals surface area (Å²) >= 11 is 1.86. The quantitative estimate of drug-likeness (QED) is 0.843. The van der Waals surface area contributed by atoms with Crippen LogP contribution in [0.15, 0.2) is 11.4 Å². The van der Waals surface area contributed by atoms with E-state index in [1.165, 1.54) is 42.7 Å². The van der Waals surface area contributed by atoms with E-state index in [-0.39, 0.29) is 0 Å². The Balaban J connectivity index is 1.69. The number of nitrogens with one attached hydrogen (secondary N) is 2. The van der Waals surface area contributed by atoms with Crippen molar-refractivity contribution in [2.24, 2.45) is 0 Å². The van der Waals surface area contributed by atoms with Crippen molar-refractivity contribution in [3.05, 3.63) is 21.9 Å². The van der Waals surface area contributed by atoms with Crippen LogP contribution in [0.4, 0.5) is 0 Å². The maximum absolute atomic E-state index is 3.62. The molecule has 2 heterocycles. The fourth-order valence-electron chi connectivity index (χ4n) is 2.22. The van der Waals surface area contributed by atoms with E-state index in [4.69, 9.17) is 0 Å². The maximum atomic E-state index is 3.62. The first-order valence-electron chi connectivity index (χ1n) is 6.33. The van der Waals surface area contributed by atoms with Crippen LogP contribution < -0.4 is 10.6 Å². The molecule has 16 heavy (non-hydrogen) atoms. The van der Waals surface area contributed by atoms with Gasteiger partial charge in [-0.05, 0) is 43.3 Å². The second-order valence-corrected chi connectivity index (χ2v) is 5.66. The summed E-state index contributed by atoms with van der Waals surface area (Å²) in [6, 6.07) is 2.88. The van der Waals surface area contributed by atoms with Gasteiger partial charge in [0.1, 0.15) is 0 Å². The summed E-state index contributed by atoms with van der Waals surface area (Å²) in [5.41, 5.74) is 1.42. The Morgan fingerprint density at radius 1 is 1.44 bits per heavy atom. The summed E-state index contributed by atoms with van der Waals surface area (Å²) in [6.07, 6.45) is 5.46. The molecular weight excluding hydrogens is 216 g/mol. The van der Waals surface area contributed by atoms with Crippen LogP contribution in [-0.4, -0.2) is 19.1 Å². The van der Waals surface area contributed by atoms with Crippen molar-refractivity contribution in [1.82, 2.24) is 10.6 Å². The molecule has 1 atom stereocenters. The van der Waals surface area contributed by atoms with Crippen LogP contribution in [-0.2, 0) is 6.54 Å². The third-order valence-corrected chi connectivity index (χ3v) is 4.33. The third-order valence-electron chi connectivity index (χ3n) is 3.31. The summed E-state index contributed by atoms with van der Waals surface area (Å²) in [6.45, 7) is 5.53. The van der Waals surface area contributed by atoms with Gasteiger partial charge in [-0.1, -0.05) is 12.8 Å². The molecule has 0 bridgehead atoms. The van der Waals surface area contributed by atoms with Crippen LogP contribution in [0.1, 0.15) is 36.1 Å². The Bertz CT molecular complexity index is 301. The Hall–Kier alpha value is -0.380. The second-order valence-electron chi connectivity index (χ2n) is 4.66. The summed E-state index contributed by atoms with van der Waals surface area (Å²) in [5, 5.41) is 9.37. The zero-order valence-corrected chi connectivity index (χ0v) is 10.9. The summed E-state index contributed by atoms with van der Waals surface area (Å²) in [5.74, 6) is 0. The summed E-state index contributed by atoms with van der Waals surface area (Å²) in [4.78, 5) is 1.48. The van der Waals surface area contributed by atoms with Crippen molar-refractivity contribution in [3.63, 3.8) is 0 Å². The van der Waals surface area contributed by atoms with E-state index in [1.54, 1.807) is 0 Å². The van der Waals surface area contributed by atoms with Gasteiger partial charge in [-0.25, -0.2) is 0 Å². The lowest BCUT2D eigenvalue weighted by molar-refractivity contribution is 0.471. The van der Waals surface area contributed by atoms with Crippen LogP contribution in [0.3, 0.4) is 0 Å². The maximum Gasteiger partial charge on any atom is 0.0303 e. The van der Waals surface area contributed by atoms with E-state index in [1.807, 2.05) is 11.3 Å². The fraction of sp³-hybridized carbons (Fsp3) is 0.692. The number of hydrogen-bond donors (Lipinski definition) is 2. The highest BCUT2D eigenvalue weighted by atomic mass is 32.1. The minimum Gasteiger partial charge on any atom is -0.313 e. The van der Waals surface area contributed by atoms with Crippen LogP contribution in [0.2, 0.25) is 0 Å². The Kier molecular flexibility index (Phi) is 4.82. The van der Waals surface area contributed by atoms with Gasteiger partial charge in [0.2, 0.25) is 0 Å². The van der Waals surface area contributed by atoms with Gasteiger partial charge in [0, 0.05) is 24.0 Å². The van der Waals surface area contributed by atoms with Gasteiger partial charge < -0.3 is 10.6 Å². The molecule has 2 N–H and O–H groups in total. The first-order valence-corrected chi connectivity index (χ1v) is 7.21. The molecule has 0 saturated carbocycles. The van der Waals surface area contributed by atoms with Crippen molar-refractivity contribution >= 4 is 11.3 Å². The number of rotatable bonds is 4. The predicted molar refractivity (Wildman–Crippen MR) is 71.0 cm³/mol. The number of thiophene rings is 1. The van der Waals surface area contributed by atoms with Gasteiger partial charge in [-0.3, -0.25) is 0 Å². The molecule has 2 nitrogen and oxygen atoms in total. The van der Waals surface area contributed by atoms with Gasteiger partial charge in [-0.15, -0.1) is 11.3 Å². The van der Waals surface area contributed by atoms with Crippen LogP contribution in [0.5, 0.6) is 0 Å². The highest BCUT2D eigenvalue weighted by Crippen LogP contribution is 2.15. The molecule has 1 aromatic heterocycles. The van der Waals surface area contributed by atoms with E-state index in [0.29, 0.717) is 6.04 Å². The molecule has 90 valence electrons. The molecule has 0 spiro atoms. The highest BCUT2D eigenvalue weighted by molar-refractivity contribution is 7.10. The van der Waals surface area contributed by atoms with E-state index < -0.39 is 0 Å².